The van der Waals surface area contributed by atoms with Crippen molar-refractivity contribution in [2.45, 2.75) is 6.54 Å². The summed E-state index contributed by atoms with van der Waals surface area (Å²) in [7, 11) is 0. The van der Waals surface area contributed by atoms with Gasteiger partial charge in [-0.2, -0.15) is 5.26 Å². The van der Waals surface area contributed by atoms with Crippen LogP contribution in [-0.4, -0.2) is 10.5 Å². The van der Waals surface area contributed by atoms with Gasteiger partial charge in [0, 0.05) is 6.20 Å². The van der Waals surface area contributed by atoms with E-state index in [1.54, 1.807) is 30.3 Å². The fourth-order valence-corrected chi connectivity index (χ4v) is 2.27. The molecule has 1 amide bonds. The Morgan fingerprint density at radius 3 is 2.78 bits per heavy atom. The molecule has 1 aromatic carbocycles. The second-order valence-corrected chi connectivity index (χ2v) is 4.77. The van der Waals surface area contributed by atoms with Crippen molar-refractivity contribution in [3.8, 4) is 11.8 Å². The SMILES string of the molecule is N#Cc1ccn(-c2ccccc2F)c1C(=O)NCc1ccco1. The largest absolute Gasteiger partial charge is 0.467 e. The number of rotatable bonds is 4. The fraction of sp³-hybridized carbons (Fsp3) is 0.0588. The number of furan rings is 1. The Balaban J connectivity index is 1.94. The molecule has 0 fully saturated rings. The molecular formula is C17H12FN3O2. The number of amides is 1. The first kappa shape index (κ1) is 14.6. The van der Waals surface area contributed by atoms with Gasteiger partial charge in [-0.25, -0.2) is 4.39 Å². The molecule has 2 aromatic heterocycles. The van der Waals surface area contributed by atoms with Gasteiger partial charge in [0.15, 0.2) is 0 Å². The normalized spacial score (nSPS) is 10.3. The third-order valence-electron chi connectivity index (χ3n) is 3.34. The zero-order valence-electron chi connectivity index (χ0n) is 12.0. The molecule has 0 radical (unpaired) electrons. The predicted molar refractivity (Wildman–Crippen MR) is 80.3 cm³/mol. The van der Waals surface area contributed by atoms with E-state index < -0.39 is 11.7 Å². The quantitative estimate of drug-likeness (QED) is 0.805. The van der Waals surface area contributed by atoms with Gasteiger partial charge in [0.25, 0.3) is 5.91 Å². The first-order chi connectivity index (χ1) is 11.2. The Morgan fingerprint density at radius 1 is 1.26 bits per heavy atom. The summed E-state index contributed by atoms with van der Waals surface area (Å²) in [5.41, 5.74) is 0.464. The molecule has 114 valence electrons. The van der Waals surface area contributed by atoms with Crippen LogP contribution < -0.4 is 5.32 Å². The lowest BCUT2D eigenvalue weighted by atomic mass is 10.2. The Hall–Kier alpha value is -3.33. The number of halogens is 1. The van der Waals surface area contributed by atoms with Gasteiger partial charge in [-0.15, -0.1) is 0 Å². The number of aromatic nitrogens is 1. The molecule has 6 heteroatoms. The highest BCUT2D eigenvalue weighted by Gasteiger charge is 2.19. The minimum absolute atomic E-state index is 0.0872. The number of para-hydroxylation sites is 1. The Bertz CT molecular complexity index is 876. The predicted octanol–water partition coefficient (Wildman–Crippen LogP) is 3.01. The van der Waals surface area contributed by atoms with Crippen molar-refractivity contribution in [1.29, 1.82) is 5.26 Å². The summed E-state index contributed by atoms with van der Waals surface area (Å²) in [6.07, 6.45) is 3.00. The molecule has 0 atom stereocenters. The Kier molecular flexibility index (Phi) is 3.93. The van der Waals surface area contributed by atoms with Crippen LogP contribution in [0.4, 0.5) is 4.39 Å². The zero-order chi connectivity index (χ0) is 16.2. The topological polar surface area (TPSA) is 71.0 Å². The molecule has 5 nitrogen and oxygen atoms in total. The number of benzene rings is 1. The smallest absolute Gasteiger partial charge is 0.270 e. The van der Waals surface area contributed by atoms with E-state index in [2.05, 4.69) is 5.32 Å². The van der Waals surface area contributed by atoms with Gasteiger partial charge >= 0.3 is 0 Å². The molecule has 3 rings (SSSR count). The maximum Gasteiger partial charge on any atom is 0.270 e. The van der Waals surface area contributed by atoms with Crippen LogP contribution >= 0.6 is 0 Å². The number of nitrogens with zero attached hydrogens (tertiary/aromatic N) is 2. The number of nitrogens with one attached hydrogen (secondary N) is 1. The highest BCUT2D eigenvalue weighted by atomic mass is 19.1. The van der Waals surface area contributed by atoms with Crippen molar-refractivity contribution in [2.75, 3.05) is 0 Å². The Labute approximate surface area is 131 Å². The van der Waals surface area contributed by atoms with Gasteiger partial charge in [-0.05, 0) is 30.3 Å². The van der Waals surface area contributed by atoms with Crippen LogP contribution in [0.25, 0.3) is 5.69 Å². The minimum atomic E-state index is -0.480. The first-order valence-electron chi connectivity index (χ1n) is 6.87. The van der Waals surface area contributed by atoms with Crippen molar-refractivity contribution in [2.24, 2.45) is 0 Å². The van der Waals surface area contributed by atoms with Crippen molar-refractivity contribution in [1.82, 2.24) is 9.88 Å². The Morgan fingerprint density at radius 2 is 2.09 bits per heavy atom. The van der Waals surface area contributed by atoms with Crippen molar-refractivity contribution in [3.05, 3.63) is 77.8 Å². The van der Waals surface area contributed by atoms with Gasteiger partial charge in [0.1, 0.15) is 23.3 Å². The van der Waals surface area contributed by atoms with E-state index >= 15 is 0 Å². The summed E-state index contributed by atoms with van der Waals surface area (Å²) in [6, 6.07) is 12.9. The molecule has 0 unspecified atom stereocenters. The highest BCUT2D eigenvalue weighted by molar-refractivity contribution is 5.95. The monoisotopic (exact) mass is 309 g/mol. The van der Waals surface area contributed by atoms with Crippen LogP contribution in [0.1, 0.15) is 21.8 Å². The number of hydrogen-bond acceptors (Lipinski definition) is 3. The number of carbonyl (C=O) groups excluding carboxylic acids is 1. The highest BCUT2D eigenvalue weighted by Crippen LogP contribution is 2.19. The van der Waals surface area contributed by atoms with Gasteiger partial charge in [-0.3, -0.25) is 4.79 Å². The molecule has 1 N–H and O–H groups in total. The van der Waals surface area contributed by atoms with Crippen LogP contribution in [0, 0.1) is 17.1 Å². The van der Waals surface area contributed by atoms with Gasteiger partial charge < -0.3 is 14.3 Å². The maximum absolute atomic E-state index is 14.0. The number of hydrogen-bond donors (Lipinski definition) is 1. The minimum Gasteiger partial charge on any atom is -0.467 e. The summed E-state index contributed by atoms with van der Waals surface area (Å²) >= 11 is 0. The first-order valence-corrected chi connectivity index (χ1v) is 6.87. The third kappa shape index (κ3) is 2.85. The van der Waals surface area contributed by atoms with Crippen LogP contribution in [0.15, 0.2) is 59.3 Å². The second-order valence-electron chi connectivity index (χ2n) is 4.77. The summed E-state index contributed by atoms with van der Waals surface area (Å²) in [4.78, 5) is 12.4. The van der Waals surface area contributed by atoms with E-state index in [9.17, 15) is 14.4 Å². The second kappa shape index (κ2) is 6.20. The summed E-state index contributed by atoms with van der Waals surface area (Å²) in [6.45, 7) is 0.180. The molecule has 23 heavy (non-hydrogen) atoms. The van der Waals surface area contributed by atoms with E-state index in [4.69, 9.17) is 4.42 Å². The maximum atomic E-state index is 14.0. The number of carbonyl (C=O) groups is 1. The van der Waals surface area contributed by atoms with Crippen LogP contribution in [-0.2, 0) is 6.54 Å². The molecule has 0 spiro atoms. The molecule has 0 aliphatic heterocycles. The molecule has 0 aliphatic rings. The number of nitriles is 1. The van der Waals surface area contributed by atoms with Crippen molar-refractivity contribution < 1.29 is 13.6 Å². The van der Waals surface area contributed by atoms with E-state index in [0.717, 1.165) is 0 Å². The fourth-order valence-electron chi connectivity index (χ4n) is 2.27. The third-order valence-corrected chi connectivity index (χ3v) is 3.34. The molecular weight excluding hydrogens is 297 g/mol. The lowest BCUT2D eigenvalue weighted by Gasteiger charge is -2.10. The van der Waals surface area contributed by atoms with Crippen molar-refractivity contribution in [3.63, 3.8) is 0 Å². The molecule has 0 aliphatic carbocycles. The van der Waals surface area contributed by atoms with Crippen LogP contribution in [0.2, 0.25) is 0 Å². The molecule has 0 saturated heterocycles. The van der Waals surface area contributed by atoms with Crippen molar-refractivity contribution >= 4 is 5.91 Å². The average Bonchev–Trinajstić information content (AvgIpc) is 3.22. The zero-order valence-corrected chi connectivity index (χ0v) is 12.0. The van der Waals surface area contributed by atoms with E-state index in [1.165, 1.54) is 29.2 Å². The van der Waals surface area contributed by atoms with Gasteiger partial charge in [0.2, 0.25) is 0 Å². The standard InChI is InChI=1S/C17H12FN3O2/c18-14-5-1-2-6-15(14)21-8-7-12(10-19)16(21)17(22)20-11-13-4-3-9-23-13/h1-9H,11H2,(H,20,22). The average molecular weight is 309 g/mol. The molecule has 0 bridgehead atoms. The van der Waals surface area contributed by atoms with E-state index in [-0.39, 0.29) is 23.5 Å². The van der Waals surface area contributed by atoms with E-state index in [1.807, 2.05) is 6.07 Å². The van der Waals surface area contributed by atoms with Gasteiger partial charge in [0.05, 0.1) is 24.1 Å². The lowest BCUT2D eigenvalue weighted by Crippen LogP contribution is -2.26. The molecule has 2 heterocycles. The summed E-state index contributed by atoms with van der Waals surface area (Å²) in [5.74, 6) is -0.375. The van der Waals surface area contributed by atoms with Crippen LogP contribution in [0.5, 0.6) is 0 Å². The lowest BCUT2D eigenvalue weighted by molar-refractivity contribution is 0.0941. The van der Waals surface area contributed by atoms with E-state index in [0.29, 0.717) is 5.76 Å². The van der Waals surface area contributed by atoms with Gasteiger partial charge in [-0.1, -0.05) is 12.1 Å². The summed E-state index contributed by atoms with van der Waals surface area (Å²) < 4.78 is 20.5. The summed E-state index contributed by atoms with van der Waals surface area (Å²) in [5, 5.41) is 11.9. The molecule has 0 saturated carbocycles. The molecule has 3 aromatic rings. The van der Waals surface area contributed by atoms with Crippen LogP contribution in [0.3, 0.4) is 0 Å².